The predicted molar refractivity (Wildman–Crippen MR) is 103 cm³/mol. The fourth-order valence-corrected chi connectivity index (χ4v) is 3.00. The topological polar surface area (TPSA) is 84.3 Å². The molecule has 6 nitrogen and oxygen atoms in total. The molecule has 8 heteroatoms. The van der Waals surface area contributed by atoms with Gasteiger partial charge in [0.15, 0.2) is 0 Å². The molecule has 2 N–H and O–H groups in total. The number of aliphatic carboxylic acids is 1. The van der Waals surface area contributed by atoms with Crippen LogP contribution in [0.4, 0.5) is 11.6 Å². The molecular formula is C18H21Cl2N3O3. The molecule has 0 bridgehead atoms. The summed E-state index contributed by atoms with van der Waals surface area (Å²) in [4.78, 5) is 19.4. The third kappa shape index (κ3) is 5.83. The van der Waals surface area contributed by atoms with Crippen LogP contribution in [0.3, 0.4) is 0 Å². The Balaban J connectivity index is 0.00000243. The highest BCUT2D eigenvalue weighted by Gasteiger charge is 2.16. The van der Waals surface area contributed by atoms with Gasteiger partial charge in [-0.15, -0.1) is 12.4 Å². The number of carbonyl (C=O) groups is 1. The van der Waals surface area contributed by atoms with E-state index in [0.29, 0.717) is 17.1 Å². The second kappa shape index (κ2) is 9.71. The average Bonchev–Trinajstić information content (AvgIpc) is 3.10. The molecule has 0 spiro atoms. The van der Waals surface area contributed by atoms with E-state index in [2.05, 4.69) is 15.3 Å². The van der Waals surface area contributed by atoms with E-state index in [1.807, 2.05) is 12.1 Å². The summed E-state index contributed by atoms with van der Waals surface area (Å²) in [5.74, 6) is -0.379. The Morgan fingerprint density at radius 1 is 1.35 bits per heavy atom. The molecule has 2 heterocycles. The highest BCUT2D eigenvalue weighted by molar-refractivity contribution is 6.31. The van der Waals surface area contributed by atoms with E-state index in [4.69, 9.17) is 21.4 Å². The van der Waals surface area contributed by atoms with Crippen molar-refractivity contribution in [1.82, 2.24) is 9.97 Å². The zero-order valence-corrected chi connectivity index (χ0v) is 15.7. The van der Waals surface area contributed by atoms with Crippen molar-refractivity contribution in [2.45, 2.75) is 38.2 Å². The van der Waals surface area contributed by atoms with E-state index in [0.717, 1.165) is 49.2 Å². The molecular weight excluding hydrogens is 377 g/mol. The molecule has 3 rings (SSSR count). The highest BCUT2D eigenvalue weighted by atomic mass is 35.5. The highest BCUT2D eigenvalue weighted by Crippen LogP contribution is 2.22. The van der Waals surface area contributed by atoms with Gasteiger partial charge < -0.3 is 15.2 Å². The number of nitrogens with zero attached hydrogens (tertiary/aromatic N) is 2. The smallest absolute Gasteiger partial charge is 0.307 e. The van der Waals surface area contributed by atoms with Crippen molar-refractivity contribution in [1.29, 1.82) is 0 Å². The maximum atomic E-state index is 10.7. The van der Waals surface area contributed by atoms with Crippen molar-refractivity contribution in [3.63, 3.8) is 0 Å². The molecule has 2 aromatic rings. The molecule has 1 aliphatic rings. The summed E-state index contributed by atoms with van der Waals surface area (Å²) in [6.45, 7) is 0.840. The van der Waals surface area contributed by atoms with E-state index in [9.17, 15) is 4.79 Å². The zero-order valence-electron chi connectivity index (χ0n) is 14.2. The first-order chi connectivity index (χ1) is 12.1. The second-order valence-electron chi connectivity index (χ2n) is 6.05. The summed E-state index contributed by atoms with van der Waals surface area (Å²) in [6, 6.07) is 7.15. The maximum Gasteiger partial charge on any atom is 0.307 e. The number of carboxylic acid groups (broad SMARTS) is 1. The minimum Gasteiger partial charge on any atom is -0.481 e. The Bertz CT molecular complexity index is 735. The lowest BCUT2D eigenvalue weighted by molar-refractivity contribution is -0.136. The Labute approximate surface area is 163 Å². The number of anilines is 2. The molecule has 0 unspecified atom stereocenters. The average molecular weight is 398 g/mol. The van der Waals surface area contributed by atoms with Gasteiger partial charge in [0.05, 0.1) is 29.4 Å². The number of carboxylic acids is 1. The summed E-state index contributed by atoms with van der Waals surface area (Å²) in [7, 11) is 0. The SMILES string of the molecule is Cl.O=C(O)Cc1ccc(Nc2ncc(Cl)c(CC[C@@H]3CCCO3)n2)cc1. The van der Waals surface area contributed by atoms with Gasteiger partial charge in [0.2, 0.25) is 5.95 Å². The quantitative estimate of drug-likeness (QED) is 0.733. The third-order valence-electron chi connectivity index (χ3n) is 4.11. The zero-order chi connectivity index (χ0) is 17.6. The van der Waals surface area contributed by atoms with E-state index < -0.39 is 5.97 Å². The Morgan fingerprint density at radius 3 is 2.77 bits per heavy atom. The van der Waals surface area contributed by atoms with Crippen molar-refractivity contribution in [2.75, 3.05) is 11.9 Å². The Kier molecular flexibility index (Phi) is 7.63. The predicted octanol–water partition coefficient (Wildman–Crippen LogP) is 4.03. The molecule has 1 aromatic carbocycles. The van der Waals surface area contributed by atoms with Crippen LogP contribution < -0.4 is 5.32 Å². The molecule has 1 saturated heterocycles. The molecule has 26 heavy (non-hydrogen) atoms. The lowest BCUT2D eigenvalue weighted by atomic mass is 10.1. The molecule has 0 radical (unpaired) electrons. The third-order valence-corrected chi connectivity index (χ3v) is 4.42. The monoisotopic (exact) mass is 397 g/mol. The van der Waals surface area contributed by atoms with Gasteiger partial charge in [-0.2, -0.15) is 0 Å². The second-order valence-corrected chi connectivity index (χ2v) is 6.46. The number of aryl methyl sites for hydroxylation is 1. The van der Waals surface area contributed by atoms with Gasteiger partial charge >= 0.3 is 5.97 Å². The summed E-state index contributed by atoms with van der Waals surface area (Å²) in [6.07, 6.45) is 5.76. The first-order valence-electron chi connectivity index (χ1n) is 8.31. The molecule has 140 valence electrons. The van der Waals surface area contributed by atoms with Gasteiger partial charge in [-0.1, -0.05) is 23.7 Å². The van der Waals surface area contributed by atoms with Crippen LogP contribution in [0.5, 0.6) is 0 Å². The fraction of sp³-hybridized carbons (Fsp3) is 0.389. The van der Waals surface area contributed by atoms with Gasteiger partial charge in [0.1, 0.15) is 0 Å². The summed E-state index contributed by atoms with van der Waals surface area (Å²) in [5.41, 5.74) is 2.34. The van der Waals surface area contributed by atoms with Crippen molar-refractivity contribution in [3.8, 4) is 0 Å². The van der Waals surface area contributed by atoms with Gasteiger partial charge in [0.25, 0.3) is 0 Å². The van der Waals surface area contributed by atoms with Crippen LogP contribution in [0, 0.1) is 0 Å². The number of rotatable bonds is 7. The van der Waals surface area contributed by atoms with Crippen molar-refractivity contribution in [2.24, 2.45) is 0 Å². The van der Waals surface area contributed by atoms with Crippen molar-refractivity contribution >= 4 is 41.6 Å². The Morgan fingerprint density at radius 2 is 2.12 bits per heavy atom. The van der Waals surface area contributed by atoms with Crippen LogP contribution in [0.25, 0.3) is 0 Å². The number of nitrogens with one attached hydrogen (secondary N) is 1. The van der Waals surface area contributed by atoms with Gasteiger partial charge in [-0.05, 0) is 43.4 Å². The number of hydrogen-bond acceptors (Lipinski definition) is 5. The van der Waals surface area contributed by atoms with Crippen LogP contribution in [0.2, 0.25) is 5.02 Å². The van der Waals surface area contributed by atoms with E-state index in [1.165, 1.54) is 0 Å². The van der Waals surface area contributed by atoms with Gasteiger partial charge in [-0.3, -0.25) is 4.79 Å². The number of halogens is 2. The van der Waals surface area contributed by atoms with Crippen LogP contribution in [-0.4, -0.2) is 33.8 Å². The molecule has 0 aliphatic carbocycles. The van der Waals surface area contributed by atoms with Crippen molar-refractivity contribution < 1.29 is 14.6 Å². The molecule has 0 amide bonds. The van der Waals surface area contributed by atoms with Crippen molar-refractivity contribution in [3.05, 3.63) is 46.7 Å². The number of aromatic nitrogens is 2. The maximum absolute atomic E-state index is 10.7. The van der Waals surface area contributed by atoms with E-state index in [-0.39, 0.29) is 18.8 Å². The van der Waals surface area contributed by atoms with Crippen LogP contribution in [0.1, 0.15) is 30.5 Å². The summed E-state index contributed by atoms with van der Waals surface area (Å²) < 4.78 is 5.64. The largest absolute Gasteiger partial charge is 0.481 e. The first-order valence-corrected chi connectivity index (χ1v) is 8.69. The van der Waals surface area contributed by atoms with E-state index >= 15 is 0 Å². The Hall–Kier alpha value is -1.89. The summed E-state index contributed by atoms with van der Waals surface area (Å²) in [5, 5.41) is 12.5. The fourth-order valence-electron chi connectivity index (χ4n) is 2.82. The molecule has 1 atom stereocenters. The molecule has 1 aliphatic heterocycles. The minimum absolute atomic E-state index is 0. The lowest BCUT2D eigenvalue weighted by Gasteiger charge is -2.11. The van der Waals surface area contributed by atoms with Crippen LogP contribution in [-0.2, 0) is 22.4 Å². The molecule has 1 aromatic heterocycles. The molecule has 0 saturated carbocycles. The normalized spacial score (nSPS) is 16.1. The number of hydrogen-bond donors (Lipinski definition) is 2. The van der Waals surface area contributed by atoms with Gasteiger partial charge in [-0.25, -0.2) is 9.97 Å². The lowest BCUT2D eigenvalue weighted by Crippen LogP contribution is -2.08. The standard InChI is InChI=1S/C18H20ClN3O3.ClH/c19-15-11-20-18(22-16(15)8-7-14-2-1-9-25-14)21-13-5-3-12(4-6-13)10-17(23)24;/h3-6,11,14H,1-2,7-10H2,(H,23,24)(H,20,21,22);1H/t14-;/m0./s1. The molecule has 1 fully saturated rings. The number of ether oxygens (including phenoxy) is 1. The first kappa shape index (κ1) is 20.4. The van der Waals surface area contributed by atoms with Crippen LogP contribution >= 0.6 is 24.0 Å². The number of benzene rings is 1. The van der Waals surface area contributed by atoms with Crippen LogP contribution in [0.15, 0.2) is 30.5 Å². The minimum atomic E-state index is -0.849. The van der Waals surface area contributed by atoms with E-state index in [1.54, 1.807) is 18.3 Å². The van der Waals surface area contributed by atoms with Gasteiger partial charge in [0, 0.05) is 12.3 Å². The summed E-state index contributed by atoms with van der Waals surface area (Å²) >= 11 is 6.20.